The number of aromatic nitrogens is 2. The molecule has 0 atom stereocenters. The highest BCUT2D eigenvalue weighted by molar-refractivity contribution is 5.66. The van der Waals surface area contributed by atoms with Gasteiger partial charge in [0.15, 0.2) is 0 Å². The zero-order valence-electron chi connectivity index (χ0n) is 6.87. The van der Waals surface area contributed by atoms with Gasteiger partial charge in [0.05, 0.1) is 11.8 Å². The lowest BCUT2D eigenvalue weighted by Crippen LogP contribution is -2.09. The highest BCUT2D eigenvalue weighted by Gasteiger charge is 2.26. The van der Waals surface area contributed by atoms with Crippen molar-refractivity contribution in [3.05, 3.63) is 18.0 Å². The molecule has 4 nitrogen and oxygen atoms in total. The molecule has 1 aromatic heterocycles. The SMILES string of the molecule is CC(F)(F)c1cnn(CC(=O)O)c1. The van der Waals surface area contributed by atoms with Gasteiger partial charge in [0.1, 0.15) is 6.54 Å². The van der Waals surface area contributed by atoms with Crippen molar-refractivity contribution in [1.82, 2.24) is 9.78 Å². The minimum Gasteiger partial charge on any atom is -0.480 e. The second-order valence-electron chi connectivity index (χ2n) is 2.71. The fourth-order valence-electron chi connectivity index (χ4n) is 0.815. The fourth-order valence-corrected chi connectivity index (χ4v) is 0.815. The van der Waals surface area contributed by atoms with Crippen LogP contribution >= 0.6 is 0 Å². The Hall–Kier alpha value is -1.46. The summed E-state index contributed by atoms with van der Waals surface area (Å²) in [7, 11) is 0. The van der Waals surface area contributed by atoms with E-state index in [1.54, 1.807) is 0 Å². The largest absolute Gasteiger partial charge is 0.480 e. The molecule has 0 aliphatic rings. The van der Waals surface area contributed by atoms with Gasteiger partial charge >= 0.3 is 5.97 Å². The van der Waals surface area contributed by atoms with Crippen LogP contribution in [-0.2, 0) is 17.3 Å². The Kier molecular flexibility index (Phi) is 2.31. The molecule has 0 amide bonds. The molecule has 0 fully saturated rings. The Morgan fingerprint density at radius 3 is 2.77 bits per heavy atom. The van der Waals surface area contributed by atoms with E-state index in [0.29, 0.717) is 0 Å². The van der Waals surface area contributed by atoms with Crippen LogP contribution in [0.4, 0.5) is 8.78 Å². The van der Waals surface area contributed by atoms with Gasteiger partial charge in [-0.1, -0.05) is 0 Å². The lowest BCUT2D eigenvalue weighted by molar-refractivity contribution is -0.137. The van der Waals surface area contributed by atoms with Gasteiger partial charge in [-0.25, -0.2) is 8.78 Å². The van der Waals surface area contributed by atoms with Crippen LogP contribution in [0.2, 0.25) is 0 Å². The van der Waals surface area contributed by atoms with Crippen LogP contribution in [0, 0.1) is 0 Å². The van der Waals surface area contributed by atoms with Crippen LogP contribution in [0.15, 0.2) is 12.4 Å². The molecule has 1 aromatic rings. The first-order valence-corrected chi connectivity index (χ1v) is 3.52. The van der Waals surface area contributed by atoms with Gasteiger partial charge in [-0.15, -0.1) is 0 Å². The summed E-state index contributed by atoms with van der Waals surface area (Å²) in [5.41, 5.74) is -0.284. The molecule has 13 heavy (non-hydrogen) atoms. The summed E-state index contributed by atoms with van der Waals surface area (Å²) in [6.45, 7) is 0.325. The van der Waals surface area contributed by atoms with Gasteiger partial charge in [-0.3, -0.25) is 9.48 Å². The third-order valence-corrected chi connectivity index (χ3v) is 1.44. The first-order chi connectivity index (χ1) is 5.89. The summed E-state index contributed by atoms with van der Waals surface area (Å²) in [6, 6.07) is 0. The van der Waals surface area contributed by atoms with Gasteiger partial charge < -0.3 is 5.11 Å². The second kappa shape index (κ2) is 3.12. The molecule has 0 bridgehead atoms. The Morgan fingerprint density at radius 1 is 1.77 bits per heavy atom. The molecule has 0 aliphatic heterocycles. The van der Waals surface area contributed by atoms with Gasteiger partial charge in [0.25, 0.3) is 5.92 Å². The molecule has 0 aromatic carbocycles. The van der Waals surface area contributed by atoms with Crippen molar-refractivity contribution in [3.8, 4) is 0 Å². The minimum atomic E-state index is -2.98. The summed E-state index contributed by atoms with van der Waals surface area (Å²) in [6.07, 6.45) is 1.98. The maximum absolute atomic E-state index is 12.6. The zero-order valence-corrected chi connectivity index (χ0v) is 6.87. The van der Waals surface area contributed by atoms with Gasteiger partial charge in [-0.2, -0.15) is 5.10 Å². The highest BCUT2D eigenvalue weighted by atomic mass is 19.3. The summed E-state index contributed by atoms with van der Waals surface area (Å²) in [5.74, 6) is -4.09. The zero-order chi connectivity index (χ0) is 10.1. The molecule has 1 heterocycles. The van der Waals surface area contributed by atoms with Crippen LogP contribution in [0.3, 0.4) is 0 Å². The molecule has 1 N–H and O–H groups in total. The van der Waals surface area contributed by atoms with Crippen molar-refractivity contribution >= 4 is 5.97 Å². The maximum atomic E-state index is 12.6. The predicted octanol–water partition coefficient (Wildman–Crippen LogP) is 1.08. The molecule has 72 valence electrons. The molecule has 0 saturated heterocycles. The van der Waals surface area contributed by atoms with Gasteiger partial charge in [0, 0.05) is 13.1 Å². The summed E-state index contributed by atoms with van der Waals surface area (Å²) in [4.78, 5) is 10.2. The molecule has 0 saturated carbocycles. The van der Waals surface area contributed by atoms with Crippen LogP contribution in [0.5, 0.6) is 0 Å². The lowest BCUT2D eigenvalue weighted by atomic mass is 10.2. The normalized spacial score (nSPS) is 11.6. The molecule has 0 unspecified atom stereocenters. The number of carboxylic acids is 1. The third kappa shape index (κ3) is 2.50. The van der Waals surface area contributed by atoms with E-state index >= 15 is 0 Å². The molecule has 6 heteroatoms. The van der Waals surface area contributed by atoms with Crippen LogP contribution in [-0.4, -0.2) is 20.9 Å². The number of rotatable bonds is 3. The van der Waals surface area contributed by atoms with Crippen molar-refractivity contribution in [1.29, 1.82) is 0 Å². The molecular formula is C7H8F2N2O2. The monoisotopic (exact) mass is 190 g/mol. The molecule has 0 radical (unpaired) electrons. The summed E-state index contributed by atoms with van der Waals surface area (Å²) >= 11 is 0. The van der Waals surface area contributed by atoms with E-state index in [9.17, 15) is 13.6 Å². The number of aliphatic carboxylic acids is 1. The number of carboxylic acid groups (broad SMARTS) is 1. The van der Waals surface area contributed by atoms with Crippen molar-refractivity contribution in [3.63, 3.8) is 0 Å². The summed E-state index contributed by atoms with van der Waals surface area (Å²) < 4.78 is 26.2. The van der Waals surface area contributed by atoms with E-state index in [1.807, 2.05) is 0 Å². The van der Waals surface area contributed by atoms with Gasteiger partial charge in [0.2, 0.25) is 0 Å². The average Bonchev–Trinajstić information content (AvgIpc) is 2.32. The standard InChI is InChI=1S/C7H8F2N2O2/c1-7(8,9)5-2-10-11(3-5)4-6(12)13/h2-3H,4H2,1H3,(H,12,13). The number of carbonyl (C=O) groups is 1. The van der Waals surface area contributed by atoms with Crippen molar-refractivity contribution < 1.29 is 18.7 Å². The summed E-state index contributed by atoms with van der Waals surface area (Å²) in [5, 5.41) is 11.8. The number of alkyl halides is 2. The van der Waals surface area contributed by atoms with Crippen molar-refractivity contribution in [2.24, 2.45) is 0 Å². The molecule has 1 rings (SSSR count). The Bertz CT molecular complexity index is 317. The lowest BCUT2D eigenvalue weighted by Gasteiger charge is -2.04. The Balaban J connectivity index is 2.81. The topological polar surface area (TPSA) is 55.1 Å². The Labute approximate surface area is 72.8 Å². The first kappa shape index (κ1) is 9.63. The van der Waals surface area contributed by atoms with Crippen molar-refractivity contribution in [2.45, 2.75) is 19.4 Å². The van der Waals surface area contributed by atoms with E-state index in [2.05, 4.69) is 5.10 Å². The van der Waals surface area contributed by atoms with Crippen LogP contribution in [0.1, 0.15) is 12.5 Å². The molecular weight excluding hydrogens is 182 g/mol. The van der Waals surface area contributed by atoms with Crippen molar-refractivity contribution in [2.75, 3.05) is 0 Å². The number of hydrogen-bond donors (Lipinski definition) is 1. The van der Waals surface area contributed by atoms with E-state index in [0.717, 1.165) is 24.0 Å². The fraction of sp³-hybridized carbons (Fsp3) is 0.429. The van der Waals surface area contributed by atoms with Crippen LogP contribution < -0.4 is 0 Å². The quantitative estimate of drug-likeness (QED) is 0.775. The number of hydrogen-bond acceptors (Lipinski definition) is 2. The van der Waals surface area contributed by atoms with Crippen LogP contribution in [0.25, 0.3) is 0 Å². The third-order valence-electron chi connectivity index (χ3n) is 1.44. The first-order valence-electron chi connectivity index (χ1n) is 3.52. The van der Waals surface area contributed by atoms with E-state index in [1.165, 1.54) is 0 Å². The van der Waals surface area contributed by atoms with E-state index in [4.69, 9.17) is 5.11 Å². The van der Waals surface area contributed by atoms with E-state index < -0.39 is 18.4 Å². The Morgan fingerprint density at radius 2 is 2.38 bits per heavy atom. The minimum absolute atomic E-state index is 0.284. The second-order valence-corrected chi connectivity index (χ2v) is 2.71. The number of halogens is 2. The predicted molar refractivity (Wildman–Crippen MR) is 39.4 cm³/mol. The average molecular weight is 190 g/mol. The van der Waals surface area contributed by atoms with Gasteiger partial charge in [-0.05, 0) is 0 Å². The smallest absolute Gasteiger partial charge is 0.325 e. The highest BCUT2D eigenvalue weighted by Crippen LogP contribution is 2.25. The number of nitrogens with zero attached hydrogens (tertiary/aromatic N) is 2. The molecule has 0 spiro atoms. The van der Waals surface area contributed by atoms with E-state index in [-0.39, 0.29) is 5.56 Å². The maximum Gasteiger partial charge on any atom is 0.325 e. The molecule has 0 aliphatic carbocycles.